The minimum atomic E-state index is -0.950. The molecule has 1 saturated heterocycles. The number of nitrogens with zero attached hydrogens (tertiary/aromatic N) is 5. The highest BCUT2D eigenvalue weighted by atomic mass is 32.2. The van der Waals surface area contributed by atoms with Crippen LogP contribution < -0.4 is 10.2 Å². The minimum absolute atomic E-state index is 0.267. The van der Waals surface area contributed by atoms with E-state index in [4.69, 9.17) is 4.74 Å². The molecule has 2 aromatic rings. The first-order valence-corrected chi connectivity index (χ1v) is 12.1. The normalized spacial score (nSPS) is 14.8. The van der Waals surface area contributed by atoms with Gasteiger partial charge < -0.3 is 20.1 Å². The Labute approximate surface area is 184 Å². The molecule has 0 aromatic carbocycles. The van der Waals surface area contributed by atoms with E-state index in [0.29, 0.717) is 28.9 Å². The van der Waals surface area contributed by atoms with Gasteiger partial charge in [-0.1, -0.05) is 18.3 Å². The fourth-order valence-corrected chi connectivity index (χ4v) is 4.42. The zero-order valence-corrected chi connectivity index (χ0v) is 19.2. The lowest BCUT2D eigenvalue weighted by Crippen LogP contribution is -2.47. The number of thioether (sulfide) groups is 1. The lowest BCUT2D eigenvalue weighted by Gasteiger charge is -2.35. The Bertz CT molecular complexity index is 855. The van der Waals surface area contributed by atoms with Gasteiger partial charge in [0.25, 0.3) is 0 Å². The summed E-state index contributed by atoms with van der Waals surface area (Å²) >= 11 is 2.82. The molecule has 1 fully saturated rings. The van der Waals surface area contributed by atoms with E-state index < -0.39 is 5.97 Å². The molecule has 11 heteroatoms. The highest BCUT2D eigenvalue weighted by molar-refractivity contribution is 7.98. The van der Waals surface area contributed by atoms with Crippen LogP contribution in [0.4, 0.5) is 16.8 Å². The number of hydrogen-bond donors (Lipinski definition) is 2. The van der Waals surface area contributed by atoms with Crippen molar-refractivity contribution in [2.45, 2.75) is 20.3 Å². The van der Waals surface area contributed by atoms with Crippen molar-refractivity contribution in [1.29, 1.82) is 0 Å². The molecule has 9 nitrogen and oxygen atoms in total. The standard InChI is InChI=1S/C19H28N6O3S2/c1-4-14-17(18(26)27)30-19(22-14)23-15-11-16(21-13(2)20-15)25-7-5-24(6-8-25)9-10-28-12-29-3/h11H,4-10,12H2,1-3H3,(H,26,27)(H,20,21,22,23). The topological polar surface area (TPSA) is 104 Å². The molecule has 0 spiro atoms. The molecule has 2 N–H and O–H groups in total. The van der Waals surface area contributed by atoms with Crippen molar-refractivity contribution in [2.24, 2.45) is 0 Å². The van der Waals surface area contributed by atoms with Gasteiger partial charge in [0.15, 0.2) is 5.13 Å². The first kappa shape index (κ1) is 22.7. The van der Waals surface area contributed by atoms with Crippen LogP contribution in [-0.2, 0) is 11.2 Å². The summed E-state index contributed by atoms with van der Waals surface area (Å²) in [6.07, 6.45) is 2.61. The Morgan fingerprint density at radius 3 is 2.70 bits per heavy atom. The van der Waals surface area contributed by atoms with E-state index in [2.05, 4.69) is 30.1 Å². The number of carbonyl (C=O) groups is 1. The van der Waals surface area contributed by atoms with Gasteiger partial charge in [-0.2, -0.15) is 0 Å². The fourth-order valence-electron chi connectivity index (χ4n) is 3.24. The van der Waals surface area contributed by atoms with Crippen molar-refractivity contribution in [3.63, 3.8) is 0 Å². The molecule has 164 valence electrons. The number of aryl methyl sites for hydroxylation is 2. The summed E-state index contributed by atoms with van der Waals surface area (Å²) in [5.74, 6) is 1.94. The number of ether oxygens (including phenoxy) is 1. The monoisotopic (exact) mass is 452 g/mol. The molecule has 0 radical (unpaired) electrons. The number of rotatable bonds is 10. The maximum Gasteiger partial charge on any atom is 0.347 e. The van der Waals surface area contributed by atoms with Crippen molar-refractivity contribution < 1.29 is 14.6 Å². The molecule has 1 aliphatic heterocycles. The number of anilines is 3. The summed E-state index contributed by atoms with van der Waals surface area (Å²) in [7, 11) is 0. The van der Waals surface area contributed by atoms with Crippen molar-refractivity contribution >= 4 is 45.8 Å². The van der Waals surface area contributed by atoms with Gasteiger partial charge in [-0.25, -0.2) is 19.7 Å². The van der Waals surface area contributed by atoms with Crippen molar-refractivity contribution in [1.82, 2.24) is 19.9 Å². The van der Waals surface area contributed by atoms with E-state index >= 15 is 0 Å². The fraction of sp³-hybridized carbons (Fsp3) is 0.579. The van der Waals surface area contributed by atoms with Crippen molar-refractivity contribution in [2.75, 3.05) is 61.7 Å². The predicted octanol–water partition coefficient (Wildman–Crippen LogP) is 2.70. The second kappa shape index (κ2) is 10.9. The van der Waals surface area contributed by atoms with Gasteiger partial charge in [-0.05, 0) is 19.6 Å². The zero-order valence-electron chi connectivity index (χ0n) is 17.6. The number of thiazole rings is 1. The Morgan fingerprint density at radius 2 is 2.07 bits per heavy atom. The van der Waals surface area contributed by atoms with Crippen LogP contribution in [0.15, 0.2) is 6.07 Å². The number of hydrogen-bond acceptors (Lipinski definition) is 10. The molecule has 0 aliphatic carbocycles. The quantitative estimate of drug-likeness (QED) is 0.413. The summed E-state index contributed by atoms with van der Waals surface area (Å²) < 4.78 is 5.56. The summed E-state index contributed by atoms with van der Waals surface area (Å²) in [5, 5.41) is 13.0. The van der Waals surface area contributed by atoms with Gasteiger partial charge in [0.1, 0.15) is 22.3 Å². The van der Waals surface area contributed by atoms with Gasteiger partial charge in [-0.15, -0.1) is 11.8 Å². The van der Waals surface area contributed by atoms with Gasteiger partial charge in [-0.3, -0.25) is 4.90 Å². The second-order valence-electron chi connectivity index (χ2n) is 6.88. The van der Waals surface area contributed by atoms with Gasteiger partial charge >= 0.3 is 5.97 Å². The molecule has 0 amide bonds. The summed E-state index contributed by atoms with van der Waals surface area (Å²) in [5.41, 5.74) is 0.582. The highest BCUT2D eigenvalue weighted by Gasteiger charge is 2.20. The first-order chi connectivity index (χ1) is 14.5. The van der Waals surface area contributed by atoms with Crippen LogP contribution in [0, 0.1) is 6.92 Å². The summed E-state index contributed by atoms with van der Waals surface area (Å²) in [6.45, 7) is 9.15. The van der Waals surface area contributed by atoms with E-state index in [-0.39, 0.29) is 4.88 Å². The SMILES string of the molecule is CCc1nc(Nc2cc(N3CCN(CCOCSC)CC3)nc(C)n2)sc1C(=O)O. The third-order valence-electron chi connectivity index (χ3n) is 4.74. The molecular formula is C19H28N6O3S2. The van der Waals surface area contributed by atoms with E-state index in [1.54, 1.807) is 11.8 Å². The average Bonchev–Trinajstić information content (AvgIpc) is 3.14. The molecule has 2 aromatic heterocycles. The summed E-state index contributed by atoms with van der Waals surface area (Å²) in [4.78, 5) is 29.7. The second-order valence-corrected chi connectivity index (χ2v) is 8.69. The molecule has 0 bridgehead atoms. The van der Waals surface area contributed by atoms with Crippen LogP contribution in [0.25, 0.3) is 0 Å². The van der Waals surface area contributed by atoms with E-state index in [0.717, 1.165) is 62.4 Å². The largest absolute Gasteiger partial charge is 0.477 e. The number of aromatic nitrogens is 3. The number of carboxylic acids is 1. The van der Waals surface area contributed by atoms with E-state index in [1.807, 2.05) is 26.2 Å². The molecule has 3 heterocycles. The molecule has 30 heavy (non-hydrogen) atoms. The molecule has 0 saturated carbocycles. The molecule has 0 atom stereocenters. The third-order valence-corrected chi connectivity index (χ3v) is 6.14. The predicted molar refractivity (Wildman–Crippen MR) is 121 cm³/mol. The molecule has 0 unspecified atom stereocenters. The maximum absolute atomic E-state index is 11.4. The number of carboxylic acid groups (broad SMARTS) is 1. The Balaban J connectivity index is 1.63. The van der Waals surface area contributed by atoms with Gasteiger partial charge in [0, 0.05) is 38.8 Å². The lowest BCUT2D eigenvalue weighted by atomic mass is 10.3. The lowest BCUT2D eigenvalue weighted by molar-refractivity contribution is 0.0701. The molecule has 1 aliphatic rings. The average molecular weight is 453 g/mol. The number of nitrogens with one attached hydrogen (secondary N) is 1. The zero-order chi connectivity index (χ0) is 21.5. The summed E-state index contributed by atoms with van der Waals surface area (Å²) in [6, 6.07) is 1.90. The van der Waals surface area contributed by atoms with Crippen LogP contribution in [0.3, 0.4) is 0 Å². The van der Waals surface area contributed by atoms with Crippen LogP contribution >= 0.6 is 23.1 Å². The van der Waals surface area contributed by atoms with Gasteiger partial charge in [0.05, 0.1) is 18.2 Å². The minimum Gasteiger partial charge on any atom is -0.477 e. The number of piperazine rings is 1. The Morgan fingerprint density at radius 1 is 1.30 bits per heavy atom. The van der Waals surface area contributed by atoms with Gasteiger partial charge in [0.2, 0.25) is 0 Å². The van der Waals surface area contributed by atoms with Crippen LogP contribution in [0.2, 0.25) is 0 Å². The Hall–Kier alpha value is -1.95. The van der Waals surface area contributed by atoms with Crippen molar-refractivity contribution in [3.8, 4) is 0 Å². The van der Waals surface area contributed by atoms with E-state index in [1.165, 1.54) is 0 Å². The Kier molecular flexibility index (Phi) is 8.25. The number of aromatic carboxylic acids is 1. The molecular weight excluding hydrogens is 424 g/mol. The van der Waals surface area contributed by atoms with Crippen LogP contribution in [0.1, 0.15) is 28.1 Å². The maximum atomic E-state index is 11.4. The van der Waals surface area contributed by atoms with Crippen molar-refractivity contribution in [3.05, 3.63) is 22.5 Å². The first-order valence-electron chi connectivity index (χ1n) is 9.89. The highest BCUT2D eigenvalue weighted by Crippen LogP contribution is 2.27. The van der Waals surface area contributed by atoms with Crippen LogP contribution in [-0.4, -0.2) is 82.5 Å². The molecule has 3 rings (SSSR count). The smallest absolute Gasteiger partial charge is 0.347 e. The third kappa shape index (κ3) is 6.03. The van der Waals surface area contributed by atoms with E-state index in [9.17, 15) is 9.90 Å². The van der Waals surface area contributed by atoms with Crippen LogP contribution in [0.5, 0.6) is 0 Å².